The molecule has 1 aliphatic rings. The third kappa shape index (κ3) is 3.25. The van der Waals surface area contributed by atoms with Crippen molar-refractivity contribution in [2.75, 3.05) is 0 Å². The van der Waals surface area contributed by atoms with E-state index < -0.39 is 0 Å². The first-order valence-electron chi connectivity index (χ1n) is 4.78. The maximum Gasteiger partial charge on any atom is 1.00 e. The number of allylic oxidation sites excluding steroid dienone is 4. The topological polar surface area (TPSA) is 17.1 Å². The van der Waals surface area contributed by atoms with E-state index >= 15 is 0 Å². The second-order valence-corrected chi connectivity index (χ2v) is 3.42. The van der Waals surface area contributed by atoms with E-state index in [4.69, 9.17) is 0 Å². The normalized spacial score (nSPS) is 13.9. The minimum atomic E-state index is -0.00444. The summed E-state index contributed by atoms with van der Waals surface area (Å²) in [6, 6.07) is 9.86. The summed E-state index contributed by atoms with van der Waals surface area (Å²) in [7, 11) is 0. The van der Waals surface area contributed by atoms with Gasteiger partial charge in [0.05, 0.1) is 5.92 Å². The molecule has 0 saturated carbocycles. The largest absolute Gasteiger partial charge is 1.00 e. The fourth-order valence-electron chi connectivity index (χ4n) is 1.56. The van der Waals surface area contributed by atoms with Gasteiger partial charge in [0.2, 0.25) is 0 Å². The molecule has 77 valence electrons. The Bertz CT molecular complexity index is 367. The van der Waals surface area contributed by atoms with Crippen molar-refractivity contribution in [2.24, 2.45) is 5.92 Å². The molecular weight excluding hydrogens is 273 g/mol. The number of rotatable bonds is 3. The smallest absolute Gasteiger partial charge is 0.298 e. The molecule has 1 nitrogen and oxygen atoms in total. The van der Waals surface area contributed by atoms with E-state index in [0.717, 1.165) is 5.56 Å². The van der Waals surface area contributed by atoms with Crippen molar-refractivity contribution < 1.29 is 24.3 Å². The maximum absolute atomic E-state index is 11.7. The van der Waals surface area contributed by atoms with Crippen molar-refractivity contribution in [3.8, 4) is 0 Å². The molecule has 1 aliphatic carbocycles. The second-order valence-electron chi connectivity index (χ2n) is 3.42. The average Bonchev–Trinajstić information content (AvgIpc) is 2.72. The molecule has 0 N–H and O–H groups in total. The molecule has 1 aromatic carbocycles. The van der Waals surface area contributed by atoms with E-state index in [1.807, 2.05) is 54.6 Å². The fourth-order valence-corrected chi connectivity index (χ4v) is 1.56. The molecule has 0 bridgehead atoms. The Labute approximate surface area is 103 Å². The van der Waals surface area contributed by atoms with E-state index in [0.29, 0.717) is 6.42 Å². The summed E-state index contributed by atoms with van der Waals surface area (Å²) >= 11 is 0. The average molecular weight is 285 g/mol. The molecule has 0 unspecified atom stereocenters. The Hall–Kier alpha value is -1.01. The Morgan fingerprint density at radius 1 is 1.07 bits per heavy atom. The van der Waals surface area contributed by atoms with Crippen molar-refractivity contribution in [3.05, 3.63) is 60.2 Å². The Balaban J connectivity index is 0.00000112. The number of benzene rings is 1. The van der Waals surface area contributed by atoms with Crippen LogP contribution in [0.2, 0.25) is 0 Å². The van der Waals surface area contributed by atoms with Gasteiger partial charge in [0, 0.05) is 6.42 Å². The molecule has 0 atom stereocenters. The third-order valence-electron chi connectivity index (χ3n) is 2.34. The van der Waals surface area contributed by atoms with Crippen LogP contribution in [0.3, 0.4) is 0 Å². The fraction of sp³-hybridized carbons (Fsp3) is 0.154. The number of Topliss-reactive ketones (excluding diaryl/α,β-unsaturated/α-hetero) is 1. The maximum atomic E-state index is 11.7. The number of carbonyl (C=O) groups is 1. The van der Waals surface area contributed by atoms with Gasteiger partial charge >= 0.3 is 19.5 Å². The number of hydrogen-bond donors (Lipinski definition) is 0. The molecular formula is C13H12ORu+. The molecule has 0 aromatic heterocycles. The van der Waals surface area contributed by atoms with Crippen molar-refractivity contribution in [3.63, 3.8) is 0 Å². The molecule has 0 aliphatic heterocycles. The van der Waals surface area contributed by atoms with Crippen LogP contribution in [-0.4, -0.2) is 5.78 Å². The van der Waals surface area contributed by atoms with Gasteiger partial charge in [-0.15, -0.1) is 0 Å². The van der Waals surface area contributed by atoms with Crippen molar-refractivity contribution >= 4 is 5.78 Å². The van der Waals surface area contributed by atoms with Crippen LogP contribution in [-0.2, 0) is 30.7 Å². The molecule has 15 heavy (non-hydrogen) atoms. The van der Waals surface area contributed by atoms with Gasteiger partial charge in [-0.2, -0.15) is 0 Å². The van der Waals surface area contributed by atoms with Gasteiger partial charge in [-0.1, -0.05) is 54.6 Å². The van der Waals surface area contributed by atoms with Gasteiger partial charge in [-0.3, -0.25) is 4.79 Å². The van der Waals surface area contributed by atoms with Crippen LogP contribution < -0.4 is 0 Å². The molecule has 0 amide bonds. The number of ketones is 1. The summed E-state index contributed by atoms with van der Waals surface area (Å²) in [5.41, 5.74) is 1.09. The van der Waals surface area contributed by atoms with Crippen LogP contribution in [0, 0.1) is 5.92 Å². The van der Waals surface area contributed by atoms with Gasteiger partial charge in [-0.05, 0) is 5.56 Å². The van der Waals surface area contributed by atoms with Gasteiger partial charge in [0.15, 0.2) is 0 Å². The zero-order valence-corrected chi connectivity index (χ0v) is 9.98. The third-order valence-corrected chi connectivity index (χ3v) is 2.34. The van der Waals surface area contributed by atoms with E-state index in [2.05, 4.69) is 0 Å². The molecule has 2 rings (SSSR count). The summed E-state index contributed by atoms with van der Waals surface area (Å²) in [6.45, 7) is 0. The monoisotopic (exact) mass is 286 g/mol. The van der Waals surface area contributed by atoms with Crippen LogP contribution in [0.1, 0.15) is 5.56 Å². The Morgan fingerprint density at radius 3 is 2.27 bits per heavy atom. The molecule has 0 heterocycles. The summed E-state index contributed by atoms with van der Waals surface area (Å²) in [5, 5.41) is 0. The van der Waals surface area contributed by atoms with Crippen molar-refractivity contribution in [2.45, 2.75) is 6.42 Å². The standard InChI is InChI=1S/C13H12O.Ru/c14-13(12-8-4-5-9-12)10-11-6-2-1-3-7-11;/h1-9,12H,10H2;/q;+1. The molecule has 1 aromatic rings. The zero-order valence-electron chi connectivity index (χ0n) is 8.24. The molecule has 0 saturated heterocycles. The van der Waals surface area contributed by atoms with Crippen LogP contribution >= 0.6 is 0 Å². The van der Waals surface area contributed by atoms with Gasteiger partial charge in [-0.25, -0.2) is 0 Å². The predicted octanol–water partition coefficient (Wildman–Crippen LogP) is 2.54. The van der Waals surface area contributed by atoms with Crippen LogP contribution in [0.4, 0.5) is 0 Å². The van der Waals surface area contributed by atoms with E-state index in [9.17, 15) is 4.79 Å². The van der Waals surface area contributed by atoms with Crippen LogP contribution in [0.25, 0.3) is 0 Å². The van der Waals surface area contributed by atoms with E-state index in [1.54, 1.807) is 0 Å². The van der Waals surface area contributed by atoms with Crippen LogP contribution in [0.15, 0.2) is 54.6 Å². The van der Waals surface area contributed by atoms with E-state index in [-0.39, 0.29) is 31.2 Å². The van der Waals surface area contributed by atoms with Gasteiger partial charge < -0.3 is 0 Å². The molecule has 0 spiro atoms. The van der Waals surface area contributed by atoms with Gasteiger partial charge in [0.25, 0.3) is 0 Å². The van der Waals surface area contributed by atoms with Gasteiger partial charge in [0.1, 0.15) is 5.78 Å². The molecule has 0 fully saturated rings. The number of hydrogen-bond acceptors (Lipinski definition) is 1. The first kappa shape index (κ1) is 12.1. The summed E-state index contributed by atoms with van der Waals surface area (Å²) < 4.78 is 0. The Kier molecular flexibility index (Phi) is 4.64. The molecule has 1 radical (unpaired) electrons. The first-order valence-corrected chi connectivity index (χ1v) is 4.78. The minimum absolute atomic E-state index is 0. The van der Waals surface area contributed by atoms with Crippen molar-refractivity contribution in [1.82, 2.24) is 0 Å². The van der Waals surface area contributed by atoms with Crippen LogP contribution in [0.5, 0.6) is 0 Å². The zero-order chi connectivity index (χ0) is 9.80. The minimum Gasteiger partial charge on any atom is -0.298 e. The summed E-state index contributed by atoms with van der Waals surface area (Å²) in [5.74, 6) is 0.261. The predicted molar refractivity (Wildman–Crippen MR) is 56.9 cm³/mol. The Morgan fingerprint density at radius 2 is 1.67 bits per heavy atom. The first-order chi connectivity index (χ1) is 6.86. The summed E-state index contributed by atoms with van der Waals surface area (Å²) in [6.07, 6.45) is 8.25. The molecule has 2 heteroatoms. The van der Waals surface area contributed by atoms with E-state index in [1.165, 1.54) is 0 Å². The second kappa shape index (κ2) is 5.77. The number of carbonyl (C=O) groups excluding carboxylic acids is 1. The quantitative estimate of drug-likeness (QED) is 0.780. The van der Waals surface area contributed by atoms with Crippen molar-refractivity contribution in [1.29, 1.82) is 0 Å². The SMILES string of the molecule is O=C(Cc1ccccc1)C1C=CC=C1.[Ru+]. The summed E-state index contributed by atoms with van der Waals surface area (Å²) in [4.78, 5) is 11.7.